The molecule has 0 aliphatic heterocycles. The number of sulfonamides is 1. The summed E-state index contributed by atoms with van der Waals surface area (Å²) in [4.78, 5) is 12.1. The van der Waals surface area contributed by atoms with E-state index in [4.69, 9.17) is 11.6 Å². The number of amides is 1. The zero-order valence-corrected chi connectivity index (χ0v) is 16.1. The number of carbonyl (C=O) groups is 1. The molecule has 0 spiro atoms. The van der Waals surface area contributed by atoms with Crippen LogP contribution < -0.4 is 10.6 Å². The van der Waals surface area contributed by atoms with E-state index in [1.807, 2.05) is 0 Å². The summed E-state index contributed by atoms with van der Waals surface area (Å²) in [7, 11) is -0.701. The number of hydrogen-bond acceptors (Lipinski definition) is 4. The van der Waals surface area contributed by atoms with E-state index in [9.17, 15) is 17.6 Å². The lowest BCUT2D eigenvalue weighted by atomic mass is 10.2. The van der Waals surface area contributed by atoms with Crippen LogP contribution in [0.2, 0.25) is 5.02 Å². The summed E-state index contributed by atoms with van der Waals surface area (Å²) in [5, 5.41) is 5.48. The Kier molecular flexibility index (Phi) is 6.22. The zero-order valence-electron chi connectivity index (χ0n) is 14.5. The van der Waals surface area contributed by atoms with Gasteiger partial charge in [0.05, 0.1) is 17.1 Å². The van der Waals surface area contributed by atoms with Gasteiger partial charge in [-0.15, -0.1) is 0 Å². The van der Waals surface area contributed by atoms with Crippen molar-refractivity contribution in [2.75, 3.05) is 31.3 Å². The van der Waals surface area contributed by atoms with Crippen molar-refractivity contribution in [2.45, 2.75) is 11.8 Å². The van der Waals surface area contributed by atoms with Crippen molar-refractivity contribution in [3.63, 3.8) is 0 Å². The Labute approximate surface area is 157 Å². The lowest BCUT2D eigenvalue weighted by molar-refractivity contribution is -0.114. The van der Waals surface area contributed by atoms with Crippen molar-refractivity contribution in [3.8, 4) is 0 Å². The smallest absolute Gasteiger partial charge is 0.243 e. The van der Waals surface area contributed by atoms with Crippen molar-refractivity contribution >= 4 is 38.9 Å². The third kappa shape index (κ3) is 4.72. The number of benzene rings is 2. The fourth-order valence-electron chi connectivity index (χ4n) is 2.15. The van der Waals surface area contributed by atoms with Crippen molar-refractivity contribution < 1.29 is 17.6 Å². The number of anilines is 2. The monoisotopic (exact) mass is 399 g/mol. The minimum atomic E-state index is -3.60. The van der Waals surface area contributed by atoms with Gasteiger partial charge in [-0.3, -0.25) is 4.79 Å². The molecule has 0 fully saturated rings. The van der Waals surface area contributed by atoms with Crippen molar-refractivity contribution in [2.24, 2.45) is 0 Å². The van der Waals surface area contributed by atoms with Crippen LogP contribution in [0.15, 0.2) is 41.3 Å². The van der Waals surface area contributed by atoms with Gasteiger partial charge in [0.1, 0.15) is 5.82 Å². The molecule has 0 saturated carbocycles. The minimum Gasteiger partial charge on any atom is -0.376 e. The van der Waals surface area contributed by atoms with Crippen LogP contribution in [0, 0.1) is 12.7 Å². The molecule has 26 heavy (non-hydrogen) atoms. The lowest BCUT2D eigenvalue weighted by Crippen LogP contribution is -2.24. The van der Waals surface area contributed by atoms with E-state index < -0.39 is 21.7 Å². The van der Waals surface area contributed by atoms with Gasteiger partial charge in [-0.25, -0.2) is 17.1 Å². The first kappa shape index (κ1) is 20.2. The van der Waals surface area contributed by atoms with Crippen LogP contribution in [0.1, 0.15) is 5.56 Å². The summed E-state index contributed by atoms with van der Waals surface area (Å²) in [5.41, 5.74) is 1.07. The number of rotatable bonds is 6. The lowest BCUT2D eigenvalue weighted by Gasteiger charge is -2.15. The van der Waals surface area contributed by atoms with Crippen molar-refractivity contribution in [1.82, 2.24) is 4.31 Å². The van der Waals surface area contributed by atoms with Gasteiger partial charge in [0, 0.05) is 24.8 Å². The van der Waals surface area contributed by atoms with Gasteiger partial charge in [0.2, 0.25) is 15.9 Å². The Balaban J connectivity index is 2.09. The molecule has 2 rings (SSSR count). The highest BCUT2D eigenvalue weighted by atomic mass is 35.5. The molecule has 6 nitrogen and oxygen atoms in total. The van der Waals surface area contributed by atoms with E-state index in [1.165, 1.54) is 32.3 Å². The molecule has 0 bridgehead atoms. The fourth-order valence-corrected chi connectivity index (χ4v) is 3.46. The van der Waals surface area contributed by atoms with E-state index in [0.29, 0.717) is 11.3 Å². The molecule has 0 atom stereocenters. The highest BCUT2D eigenvalue weighted by Crippen LogP contribution is 2.22. The Bertz CT molecular complexity index is 933. The van der Waals surface area contributed by atoms with Crippen molar-refractivity contribution in [1.29, 1.82) is 0 Å². The molecule has 2 N–H and O–H groups in total. The van der Waals surface area contributed by atoms with Crippen molar-refractivity contribution in [3.05, 3.63) is 52.8 Å². The molecule has 0 heterocycles. The predicted octanol–water partition coefficient (Wildman–Crippen LogP) is 3.09. The molecule has 0 unspecified atom stereocenters. The number of aryl methyl sites for hydroxylation is 1. The van der Waals surface area contributed by atoms with Crippen LogP contribution in [0.3, 0.4) is 0 Å². The van der Waals surface area contributed by atoms with E-state index in [-0.39, 0.29) is 22.2 Å². The maximum atomic E-state index is 13.7. The maximum absolute atomic E-state index is 13.7. The maximum Gasteiger partial charge on any atom is 0.243 e. The minimum absolute atomic E-state index is 0.0148. The summed E-state index contributed by atoms with van der Waals surface area (Å²) in [6, 6.07) is 8.70. The normalized spacial score (nSPS) is 11.5. The van der Waals surface area contributed by atoms with Crippen LogP contribution in [-0.4, -0.2) is 39.3 Å². The van der Waals surface area contributed by atoms with Crippen LogP contribution in [0.25, 0.3) is 0 Å². The van der Waals surface area contributed by atoms with Gasteiger partial charge in [0.25, 0.3) is 0 Å². The van der Waals surface area contributed by atoms with E-state index in [2.05, 4.69) is 10.6 Å². The second kappa shape index (κ2) is 8.03. The van der Waals surface area contributed by atoms with Crippen LogP contribution >= 0.6 is 11.6 Å². The Hall–Kier alpha value is -2.16. The Morgan fingerprint density at radius 1 is 1.19 bits per heavy atom. The Morgan fingerprint density at radius 2 is 1.88 bits per heavy atom. The molecular formula is C17H19ClFN3O3S. The first-order valence-electron chi connectivity index (χ1n) is 7.63. The number of nitrogens with one attached hydrogen (secondary N) is 2. The molecule has 0 aliphatic carbocycles. The quantitative estimate of drug-likeness (QED) is 0.782. The van der Waals surface area contributed by atoms with Gasteiger partial charge in [0.15, 0.2) is 0 Å². The molecule has 0 radical (unpaired) electrons. The van der Waals surface area contributed by atoms with E-state index in [0.717, 1.165) is 10.4 Å². The standard InChI is InChI=1S/C17H19ClFN3O3S/c1-11-4-6-13(9-16(11)26(24,25)22(2)3)20-10-17(23)21-15-7-5-12(18)8-14(15)19/h4-9,20H,10H2,1-3H3,(H,21,23). The number of halogens is 2. The fraction of sp³-hybridized carbons (Fsp3) is 0.235. The SMILES string of the molecule is Cc1ccc(NCC(=O)Nc2ccc(Cl)cc2F)cc1S(=O)(=O)N(C)C. The average Bonchev–Trinajstić information content (AvgIpc) is 2.56. The summed E-state index contributed by atoms with van der Waals surface area (Å²) in [6.07, 6.45) is 0. The second-order valence-corrected chi connectivity index (χ2v) is 8.35. The van der Waals surface area contributed by atoms with Gasteiger partial charge >= 0.3 is 0 Å². The van der Waals surface area contributed by atoms with Gasteiger partial charge in [-0.05, 0) is 42.8 Å². The molecule has 9 heteroatoms. The zero-order chi connectivity index (χ0) is 19.5. The summed E-state index contributed by atoms with van der Waals surface area (Å²) >= 11 is 5.66. The second-order valence-electron chi connectivity index (χ2n) is 5.79. The molecule has 2 aromatic carbocycles. The molecule has 0 aromatic heterocycles. The van der Waals surface area contributed by atoms with Gasteiger partial charge < -0.3 is 10.6 Å². The number of carbonyl (C=O) groups excluding carboxylic acids is 1. The topological polar surface area (TPSA) is 78.5 Å². The summed E-state index contributed by atoms with van der Waals surface area (Å²) < 4.78 is 39.4. The van der Waals surface area contributed by atoms with Gasteiger partial charge in [-0.1, -0.05) is 17.7 Å². The van der Waals surface area contributed by atoms with Crippen LogP contribution in [-0.2, 0) is 14.8 Å². The van der Waals surface area contributed by atoms with Gasteiger partial charge in [-0.2, -0.15) is 0 Å². The summed E-state index contributed by atoms with van der Waals surface area (Å²) in [5.74, 6) is -1.12. The molecule has 0 saturated heterocycles. The molecule has 140 valence electrons. The summed E-state index contributed by atoms with van der Waals surface area (Å²) in [6.45, 7) is 1.53. The molecule has 2 aromatic rings. The molecule has 1 amide bonds. The predicted molar refractivity (Wildman–Crippen MR) is 101 cm³/mol. The van der Waals surface area contributed by atoms with Crippen LogP contribution in [0.5, 0.6) is 0 Å². The third-order valence-electron chi connectivity index (χ3n) is 3.61. The largest absolute Gasteiger partial charge is 0.376 e. The average molecular weight is 400 g/mol. The number of hydrogen-bond donors (Lipinski definition) is 2. The highest BCUT2D eigenvalue weighted by Gasteiger charge is 2.20. The first-order chi connectivity index (χ1) is 12.1. The van der Waals surface area contributed by atoms with Crippen LogP contribution in [0.4, 0.5) is 15.8 Å². The number of nitrogens with zero attached hydrogens (tertiary/aromatic N) is 1. The van der Waals surface area contributed by atoms with E-state index >= 15 is 0 Å². The highest BCUT2D eigenvalue weighted by molar-refractivity contribution is 7.89. The molecular weight excluding hydrogens is 381 g/mol. The molecule has 0 aliphatic rings. The van der Waals surface area contributed by atoms with E-state index in [1.54, 1.807) is 19.1 Å². The third-order valence-corrected chi connectivity index (χ3v) is 5.80. The first-order valence-corrected chi connectivity index (χ1v) is 9.45. The Morgan fingerprint density at radius 3 is 2.50 bits per heavy atom.